The molecule has 6 nitrogen and oxygen atoms in total. The maximum absolute atomic E-state index is 9.41. The van der Waals surface area contributed by atoms with Gasteiger partial charge in [-0.05, 0) is 60.7 Å². The lowest BCUT2D eigenvalue weighted by atomic mass is 10.1. The molecule has 7 heteroatoms. The number of ether oxygens (including phenoxy) is 2. The van der Waals surface area contributed by atoms with Crippen LogP contribution in [0.1, 0.15) is 18.4 Å². The van der Waals surface area contributed by atoms with E-state index in [0.29, 0.717) is 28.2 Å². The number of hydrogen-bond acceptors (Lipinski definition) is 6. The number of nitrogens with zero attached hydrogens (tertiary/aromatic N) is 3. The molecule has 0 amide bonds. The Bertz CT molecular complexity index is 975. The van der Waals surface area contributed by atoms with Crippen molar-refractivity contribution >= 4 is 11.6 Å². The van der Waals surface area contributed by atoms with Crippen molar-refractivity contribution in [1.29, 1.82) is 0 Å². The highest BCUT2D eigenvalue weighted by Gasteiger charge is 2.22. The summed E-state index contributed by atoms with van der Waals surface area (Å²) in [4.78, 5) is 13.2. The first-order valence-electron chi connectivity index (χ1n) is 9.09. The van der Waals surface area contributed by atoms with Gasteiger partial charge in [0.1, 0.15) is 5.75 Å². The van der Waals surface area contributed by atoms with E-state index in [1.807, 2.05) is 24.3 Å². The number of benzene rings is 2. The predicted molar refractivity (Wildman–Crippen MR) is 106 cm³/mol. The number of aliphatic hydroxyl groups is 1. The lowest BCUT2D eigenvalue weighted by Crippen LogP contribution is -2.02. The summed E-state index contributed by atoms with van der Waals surface area (Å²) < 4.78 is 11.0. The molecule has 1 N–H and O–H groups in total. The summed E-state index contributed by atoms with van der Waals surface area (Å²) in [6.45, 7) is 0.671. The standard InChI is InChI=1S/C21H20ClN3O3/c1-27-21-24-19(15-5-7-16(8-6-15)28-12-13-2-3-13)23-20(25-21)17-10-14(11-26)4-9-18(17)22/h4-10,13,26H,2-3,11-12H2,1H3. The average Bonchev–Trinajstić information content (AvgIpc) is 3.57. The fourth-order valence-corrected chi connectivity index (χ4v) is 2.94. The molecule has 0 spiro atoms. The third-order valence-corrected chi connectivity index (χ3v) is 4.88. The van der Waals surface area contributed by atoms with Crippen molar-refractivity contribution < 1.29 is 14.6 Å². The Morgan fingerprint density at radius 2 is 1.79 bits per heavy atom. The van der Waals surface area contributed by atoms with E-state index in [1.165, 1.54) is 20.0 Å². The number of hydrogen-bond donors (Lipinski definition) is 1. The largest absolute Gasteiger partial charge is 0.493 e. The number of aliphatic hydroxyl groups excluding tert-OH is 1. The molecule has 1 saturated carbocycles. The zero-order chi connectivity index (χ0) is 19.5. The normalized spacial score (nSPS) is 13.4. The van der Waals surface area contributed by atoms with E-state index < -0.39 is 0 Å². The molecule has 1 fully saturated rings. The SMILES string of the molecule is COc1nc(-c2ccc(OCC3CC3)cc2)nc(-c2cc(CO)ccc2Cl)n1. The van der Waals surface area contributed by atoms with Crippen molar-refractivity contribution in [3.63, 3.8) is 0 Å². The Morgan fingerprint density at radius 3 is 2.46 bits per heavy atom. The third-order valence-electron chi connectivity index (χ3n) is 4.55. The molecule has 1 heterocycles. The molecule has 0 aliphatic heterocycles. The van der Waals surface area contributed by atoms with E-state index in [0.717, 1.165) is 23.5 Å². The Hall–Kier alpha value is -2.70. The van der Waals surface area contributed by atoms with Gasteiger partial charge >= 0.3 is 6.01 Å². The first kappa shape index (κ1) is 18.7. The fraction of sp³-hybridized carbons (Fsp3) is 0.286. The van der Waals surface area contributed by atoms with E-state index in [-0.39, 0.29) is 12.6 Å². The van der Waals surface area contributed by atoms with E-state index in [2.05, 4.69) is 15.0 Å². The van der Waals surface area contributed by atoms with Gasteiger partial charge in [0.25, 0.3) is 0 Å². The molecule has 0 unspecified atom stereocenters. The van der Waals surface area contributed by atoms with Gasteiger partial charge in [0.15, 0.2) is 11.6 Å². The first-order chi connectivity index (χ1) is 13.7. The van der Waals surface area contributed by atoms with Crippen LogP contribution in [0.4, 0.5) is 0 Å². The van der Waals surface area contributed by atoms with Crippen molar-refractivity contribution in [2.24, 2.45) is 5.92 Å². The fourth-order valence-electron chi connectivity index (χ4n) is 2.74. The van der Waals surface area contributed by atoms with Crippen LogP contribution in [0.3, 0.4) is 0 Å². The van der Waals surface area contributed by atoms with Gasteiger partial charge in [-0.15, -0.1) is 0 Å². The summed E-state index contributed by atoms with van der Waals surface area (Å²) in [5.41, 5.74) is 2.15. The molecular weight excluding hydrogens is 378 g/mol. The van der Waals surface area contributed by atoms with Gasteiger partial charge in [-0.1, -0.05) is 17.7 Å². The third kappa shape index (κ3) is 4.24. The Kier molecular flexibility index (Phi) is 5.41. The number of halogens is 1. The second kappa shape index (κ2) is 8.12. The van der Waals surface area contributed by atoms with Crippen molar-refractivity contribution in [2.45, 2.75) is 19.4 Å². The van der Waals surface area contributed by atoms with Crippen LogP contribution in [-0.2, 0) is 6.61 Å². The van der Waals surface area contributed by atoms with E-state index in [9.17, 15) is 5.11 Å². The molecule has 28 heavy (non-hydrogen) atoms. The summed E-state index contributed by atoms with van der Waals surface area (Å²) in [5.74, 6) is 2.39. The van der Waals surface area contributed by atoms with Gasteiger partial charge in [0, 0.05) is 11.1 Å². The quantitative estimate of drug-likeness (QED) is 0.645. The van der Waals surface area contributed by atoms with E-state index in [1.54, 1.807) is 18.2 Å². The minimum Gasteiger partial charge on any atom is -0.493 e. The zero-order valence-corrected chi connectivity index (χ0v) is 16.2. The summed E-state index contributed by atoms with van der Waals surface area (Å²) >= 11 is 6.33. The van der Waals surface area contributed by atoms with Crippen molar-refractivity contribution in [1.82, 2.24) is 15.0 Å². The molecule has 0 saturated heterocycles. The lowest BCUT2D eigenvalue weighted by Gasteiger charge is -2.10. The number of methoxy groups -OCH3 is 1. The van der Waals surface area contributed by atoms with Gasteiger partial charge in [-0.3, -0.25) is 0 Å². The highest BCUT2D eigenvalue weighted by molar-refractivity contribution is 6.33. The second-order valence-electron chi connectivity index (χ2n) is 6.72. The molecular formula is C21H20ClN3O3. The Balaban J connectivity index is 1.67. The molecule has 2 aromatic carbocycles. The summed E-state index contributed by atoms with van der Waals surface area (Å²) in [7, 11) is 1.50. The molecule has 1 aliphatic carbocycles. The maximum Gasteiger partial charge on any atom is 0.320 e. The molecule has 4 rings (SSSR count). The molecule has 1 aromatic heterocycles. The first-order valence-corrected chi connectivity index (χ1v) is 9.47. The molecule has 0 bridgehead atoms. The molecule has 0 radical (unpaired) electrons. The molecule has 1 aliphatic rings. The lowest BCUT2D eigenvalue weighted by molar-refractivity contribution is 0.282. The Morgan fingerprint density at radius 1 is 1.04 bits per heavy atom. The van der Waals surface area contributed by atoms with Crippen molar-refractivity contribution in [3.05, 3.63) is 53.1 Å². The number of aromatic nitrogens is 3. The van der Waals surface area contributed by atoms with Crippen LogP contribution >= 0.6 is 11.6 Å². The van der Waals surface area contributed by atoms with Crippen LogP contribution in [0.2, 0.25) is 5.02 Å². The minimum atomic E-state index is -0.0957. The number of rotatable bonds is 7. The van der Waals surface area contributed by atoms with Crippen molar-refractivity contribution in [3.8, 4) is 34.5 Å². The highest BCUT2D eigenvalue weighted by atomic mass is 35.5. The van der Waals surface area contributed by atoms with Crippen LogP contribution < -0.4 is 9.47 Å². The Labute approximate surface area is 168 Å². The van der Waals surface area contributed by atoms with Crippen LogP contribution in [0.5, 0.6) is 11.8 Å². The monoisotopic (exact) mass is 397 g/mol. The predicted octanol–water partition coefficient (Wildman–Crippen LogP) is 4.15. The minimum absolute atomic E-state index is 0.0957. The molecule has 0 atom stereocenters. The summed E-state index contributed by atoms with van der Waals surface area (Å²) in [6.07, 6.45) is 2.51. The van der Waals surface area contributed by atoms with Gasteiger partial charge in [0.05, 0.1) is 25.3 Å². The second-order valence-corrected chi connectivity index (χ2v) is 7.13. The smallest absolute Gasteiger partial charge is 0.320 e. The van der Waals surface area contributed by atoms with Gasteiger partial charge in [-0.2, -0.15) is 9.97 Å². The van der Waals surface area contributed by atoms with E-state index >= 15 is 0 Å². The van der Waals surface area contributed by atoms with Crippen LogP contribution in [0, 0.1) is 5.92 Å². The molecule has 144 valence electrons. The van der Waals surface area contributed by atoms with Crippen molar-refractivity contribution in [2.75, 3.05) is 13.7 Å². The zero-order valence-electron chi connectivity index (χ0n) is 15.4. The maximum atomic E-state index is 9.41. The van der Waals surface area contributed by atoms with Crippen LogP contribution in [0.15, 0.2) is 42.5 Å². The summed E-state index contributed by atoms with van der Waals surface area (Å²) in [6, 6.07) is 13.1. The average molecular weight is 398 g/mol. The van der Waals surface area contributed by atoms with Gasteiger partial charge in [0.2, 0.25) is 0 Å². The van der Waals surface area contributed by atoms with Gasteiger partial charge < -0.3 is 14.6 Å². The summed E-state index contributed by atoms with van der Waals surface area (Å²) in [5, 5.41) is 9.89. The van der Waals surface area contributed by atoms with Crippen LogP contribution in [-0.4, -0.2) is 33.8 Å². The van der Waals surface area contributed by atoms with Gasteiger partial charge in [-0.25, -0.2) is 4.98 Å². The topological polar surface area (TPSA) is 77.4 Å². The highest BCUT2D eigenvalue weighted by Crippen LogP contribution is 2.31. The molecule has 3 aromatic rings. The van der Waals surface area contributed by atoms with E-state index in [4.69, 9.17) is 21.1 Å². The van der Waals surface area contributed by atoms with Crippen LogP contribution in [0.25, 0.3) is 22.8 Å².